The Morgan fingerprint density at radius 1 is 1.19 bits per heavy atom. The number of hydrogen-bond donors (Lipinski definition) is 2. The highest BCUT2D eigenvalue weighted by molar-refractivity contribution is 6.02. The van der Waals surface area contributed by atoms with Crippen molar-refractivity contribution in [1.29, 1.82) is 0 Å². The van der Waals surface area contributed by atoms with Crippen LogP contribution in [0.1, 0.15) is 58.9 Å². The average molecular weight is 443 g/mol. The van der Waals surface area contributed by atoms with Crippen LogP contribution in [0.25, 0.3) is 0 Å². The second kappa shape index (κ2) is 8.19. The van der Waals surface area contributed by atoms with Crippen molar-refractivity contribution in [1.82, 2.24) is 10.6 Å². The molecule has 0 aromatic heterocycles. The molecule has 1 aliphatic heterocycles. The smallest absolute Gasteiger partial charge is 0.254 e. The average Bonchev–Trinajstić information content (AvgIpc) is 3.07. The Morgan fingerprint density at radius 3 is 2.50 bits per heavy atom. The summed E-state index contributed by atoms with van der Waals surface area (Å²) >= 11 is 0. The third kappa shape index (κ3) is 3.96. The highest BCUT2D eigenvalue weighted by Crippen LogP contribution is 2.58. The van der Waals surface area contributed by atoms with Gasteiger partial charge in [-0.15, -0.1) is 0 Å². The van der Waals surface area contributed by atoms with E-state index in [4.69, 9.17) is 4.74 Å². The first-order valence-electron chi connectivity index (χ1n) is 10.9. The summed E-state index contributed by atoms with van der Waals surface area (Å²) in [5.41, 5.74) is 2.11. The molecule has 0 spiro atoms. The maximum atomic E-state index is 13.5. The second-order valence-corrected chi connectivity index (χ2v) is 8.87. The maximum absolute atomic E-state index is 13.5. The molecule has 1 aromatic rings. The van der Waals surface area contributed by atoms with E-state index in [2.05, 4.69) is 17.2 Å². The van der Waals surface area contributed by atoms with E-state index < -0.39 is 5.92 Å². The molecule has 4 rings (SSSR count). The summed E-state index contributed by atoms with van der Waals surface area (Å²) < 4.78 is 33.0. The van der Waals surface area contributed by atoms with Crippen molar-refractivity contribution in [2.75, 3.05) is 7.05 Å². The number of benzene rings is 1. The van der Waals surface area contributed by atoms with Crippen LogP contribution in [0.3, 0.4) is 0 Å². The molecule has 2 amide bonds. The second-order valence-electron chi connectivity index (χ2n) is 8.87. The number of fused-ring (bicyclic) bond motifs is 2. The summed E-state index contributed by atoms with van der Waals surface area (Å²) in [6.07, 6.45) is 6.94. The molecule has 170 valence electrons. The molecule has 1 aromatic carbocycles. The standard InChI is InChI=1S/C25H28F2N2O3/c1-5-6-7-8-13(2)20-14(3)32-22-16(20)9-15(10-17(22)24(31)28-4)23(30)29-21-18-11-25(26,27)12-19(18)21/h5-10,14,18-21H,2,11-12H2,1,3-4H3,(H,28,31)(H,29,30)/b6-5-,8-7-/t14-,18-,19+,20+,21?/m1/s1. The van der Waals surface area contributed by atoms with Crippen molar-refractivity contribution in [3.05, 3.63) is 65.3 Å². The Morgan fingerprint density at radius 2 is 1.88 bits per heavy atom. The molecule has 0 bridgehead atoms. The van der Waals surface area contributed by atoms with Gasteiger partial charge in [-0.05, 0) is 43.4 Å². The number of nitrogens with one attached hydrogen (secondary N) is 2. The van der Waals surface area contributed by atoms with Crippen LogP contribution in [-0.4, -0.2) is 36.9 Å². The van der Waals surface area contributed by atoms with E-state index in [1.54, 1.807) is 6.07 Å². The summed E-state index contributed by atoms with van der Waals surface area (Å²) in [6, 6.07) is 3.00. The molecular formula is C25H28F2N2O3. The number of allylic oxidation sites excluding steroid dienone is 4. The lowest BCUT2D eigenvalue weighted by molar-refractivity contribution is -0.00623. The molecule has 0 radical (unpaired) electrons. The van der Waals surface area contributed by atoms with Crippen LogP contribution in [-0.2, 0) is 0 Å². The number of ether oxygens (including phenoxy) is 1. The molecule has 2 aliphatic carbocycles. The Hall–Kier alpha value is -2.96. The molecular weight excluding hydrogens is 414 g/mol. The summed E-state index contributed by atoms with van der Waals surface area (Å²) in [6.45, 7) is 7.98. The molecule has 5 nitrogen and oxygen atoms in total. The van der Waals surface area contributed by atoms with Gasteiger partial charge in [0.1, 0.15) is 11.9 Å². The van der Waals surface area contributed by atoms with Crippen LogP contribution in [0.5, 0.6) is 5.75 Å². The van der Waals surface area contributed by atoms with E-state index in [9.17, 15) is 18.4 Å². The Balaban J connectivity index is 1.63. The number of carbonyl (C=O) groups excluding carboxylic acids is 2. The van der Waals surface area contributed by atoms with Crippen LogP contribution in [0, 0.1) is 11.8 Å². The van der Waals surface area contributed by atoms with Gasteiger partial charge < -0.3 is 15.4 Å². The quantitative estimate of drug-likeness (QED) is 0.643. The predicted molar refractivity (Wildman–Crippen MR) is 118 cm³/mol. The van der Waals surface area contributed by atoms with Crippen molar-refractivity contribution >= 4 is 11.8 Å². The lowest BCUT2D eigenvalue weighted by Crippen LogP contribution is -2.31. The molecule has 1 unspecified atom stereocenters. The summed E-state index contributed by atoms with van der Waals surface area (Å²) in [5.74, 6) is -3.47. The molecule has 2 saturated carbocycles. The maximum Gasteiger partial charge on any atom is 0.254 e. The Labute approximate surface area is 186 Å². The number of carbonyl (C=O) groups is 2. The molecule has 5 atom stereocenters. The zero-order valence-electron chi connectivity index (χ0n) is 18.5. The van der Waals surface area contributed by atoms with E-state index in [1.165, 1.54) is 13.1 Å². The normalized spacial score (nSPS) is 29.5. The number of rotatable bonds is 6. The zero-order valence-corrected chi connectivity index (χ0v) is 18.5. The van der Waals surface area contributed by atoms with Crippen molar-refractivity contribution in [3.8, 4) is 5.75 Å². The van der Waals surface area contributed by atoms with Crippen LogP contribution < -0.4 is 15.4 Å². The summed E-state index contributed by atoms with van der Waals surface area (Å²) in [5, 5.41) is 5.49. The van der Waals surface area contributed by atoms with Gasteiger partial charge >= 0.3 is 0 Å². The van der Waals surface area contributed by atoms with Crippen molar-refractivity contribution in [2.45, 2.75) is 50.7 Å². The van der Waals surface area contributed by atoms with Crippen LogP contribution in [0.2, 0.25) is 0 Å². The van der Waals surface area contributed by atoms with Crippen LogP contribution in [0.4, 0.5) is 8.78 Å². The minimum Gasteiger partial charge on any atom is -0.489 e. The fourth-order valence-electron chi connectivity index (χ4n) is 5.07. The fraction of sp³-hybridized carbons (Fsp3) is 0.440. The molecule has 3 aliphatic rings. The zero-order chi connectivity index (χ0) is 23.2. The molecule has 2 fully saturated rings. The molecule has 2 N–H and O–H groups in total. The first-order chi connectivity index (χ1) is 15.2. The predicted octanol–water partition coefficient (Wildman–Crippen LogP) is 4.37. The summed E-state index contributed by atoms with van der Waals surface area (Å²) in [7, 11) is 1.52. The molecule has 1 heterocycles. The van der Waals surface area contributed by atoms with E-state index in [0.717, 1.165) is 11.1 Å². The van der Waals surface area contributed by atoms with Gasteiger partial charge in [-0.3, -0.25) is 9.59 Å². The van der Waals surface area contributed by atoms with E-state index in [-0.39, 0.29) is 60.1 Å². The number of hydrogen-bond acceptors (Lipinski definition) is 3. The van der Waals surface area contributed by atoms with Gasteiger partial charge in [-0.25, -0.2) is 8.78 Å². The SMILES string of the molecule is C=C(/C=C\C=C/C)[C@@H]1c2cc(C(=O)NC3[C@H]4CC(F)(F)C[C@@H]34)cc(C(=O)NC)c2O[C@@H]1C. The largest absolute Gasteiger partial charge is 0.489 e. The van der Waals surface area contributed by atoms with Crippen LogP contribution >= 0.6 is 0 Å². The molecule has 0 saturated heterocycles. The first-order valence-corrected chi connectivity index (χ1v) is 10.9. The Kier molecular flexibility index (Phi) is 5.69. The van der Waals surface area contributed by atoms with Gasteiger partial charge in [0, 0.05) is 43.0 Å². The fourth-order valence-corrected chi connectivity index (χ4v) is 5.07. The lowest BCUT2D eigenvalue weighted by Gasteiger charge is -2.16. The van der Waals surface area contributed by atoms with Gasteiger partial charge in [0.2, 0.25) is 5.92 Å². The first kappa shape index (κ1) is 22.2. The third-order valence-corrected chi connectivity index (χ3v) is 6.67. The van der Waals surface area contributed by atoms with E-state index in [1.807, 2.05) is 38.2 Å². The van der Waals surface area contributed by atoms with Crippen molar-refractivity contribution in [3.63, 3.8) is 0 Å². The molecule has 32 heavy (non-hydrogen) atoms. The van der Waals surface area contributed by atoms with Gasteiger partial charge in [-0.2, -0.15) is 0 Å². The van der Waals surface area contributed by atoms with Gasteiger partial charge in [0.15, 0.2) is 0 Å². The Bertz CT molecular complexity index is 1020. The van der Waals surface area contributed by atoms with E-state index >= 15 is 0 Å². The van der Waals surface area contributed by atoms with Gasteiger partial charge in [0.25, 0.3) is 11.8 Å². The lowest BCUT2D eigenvalue weighted by atomic mass is 9.87. The number of alkyl halides is 2. The van der Waals surface area contributed by atoms with E-state index in [0.29, 0.717) is 11.3 Å². The highest BCUT2D eigenvalue weighted by Gasteiger charge is 2.63. The minimum atomic E-state index is -2.63. The van der Waals surface area contributed by atoms with Crippen molar-refractivity contribution in [2.24, 2.45) is 11.8 Å². The summed E-state index contributed by atoms with van der Waals surface area (Å²) in [4.78, 5) is 25.6. The number of halogens is 2. The highest BCUT2D eigenvalue weighted by atomic mass is 19.3. The van der Waals surface area contributed by atoms with Crippen LogP contribution in [0.15, 0.2) is 48.6 Å². The topological polar surface area (TPSA) is 67.4 Å². The molecule has 7 heteroatoms. The van der Waals surface area contributed by atoms with Crippen molar-refractivity contribution < 1.29 is 23.1 Å². The number of amides is 2. The monoisotopic (exact) mass is 442 g/mol. The van der Waals surface area contributed by atoms with Gasteiger partial charge in [0.05, 0.1) is 5.56 Å². The third-order valence-electron chi connectivity index (χ3n) is 6.67. The van der Waals surface area contributed by atoms with Gasteiger partial charge in [-0.1, -0.05) is 30.9 Å². The minimum absolute atomic E-state index is 0.172.